The average molecular weight is 492 g/mol. The lowest BCUT2D eigenvalue weighted by atomic mass is 10.1. The molecule has 1 aliphatic rings. The average Bonchev–Trinajstić information content (AvgIpc) is 3.34. The number of halogens is 1. The number of nitrogens with zero attached hydrogens (tertiary/aromatic N) is 7. The number of carbonyl (C=O) groups is 1. The first-order valence-electron chi connectivity index (χ1n) is 11.7. The number of aromatic nitrogens is 5. The van der Waals surface area contributed by atoms with E-state index in [1.807, 2.05) is 41.3 Å². The summed E-state index contributed by atoms with van der Waals surface area (Å²) in [6.07, 6.45) is 3.62. The van der Waals surface area contributed by atoms with Crippen molar-refractivity contribution < 1.29 is 9.53 Å². The maximum atomic E-state index is 13.0. The fraction of sp³-hybridized carbons (Fsp3) is 0.320. The summed E-state index contributed by atoms with van der Waals surface area (Å²) in [6.45, 7) is 5.28. The summed E-state index contributed by atoms with van der Waals surface area (Å²) < 4.78 is 7.37. The molecular formula is C25H26ClN7O2. The van der Waals surface area contributed by atoms with Gasteiger partial charge >= 0.3 is 0 Å². The van der Waals surface area contributed by atoms with Gasteiger partial charge in [-0.1, -0.05) is 30.2 Å². The standard InChI is InChI=1S/C25H26ClN7O2/c1-2-3-16-35-21-10-4-18(5-11-21)25(34)32-14-12-31(13-15-32)23-22-24(28-17-27-23)33(30-29-22)20-8-6-19(26)7-9-20/h4-11,17H,2-3,12-16H2,1H3. The second-order valence-electron chi connectivity index (χ2n) is 8.35. The number of rotatable bonds is 7. The second-order valence-corrected chi connectivity index (χ2v) is 8.79. The van der Waals surface area contributed by atoms with E-state index in [4.69, 9.17) is 16.3 Å². The minimum Gasteiger partial charge on any atom is -0.494 e. The van der Waals surface area contributed by atoms with E-state index in [1.54, 1.807) is 16.8 Å². The quantitative estimate of drug-likeness (QED) is 0.361. The highest BCUT2D eigenvalue weighted by atomic mass is 35.5. The van der Waals surface area contributed by atoms with Crippen molar-refractivity contribution >= 4 is 34.5 Å². The van der Waals surface area contributed by atoms with Crippen molar-refractivity contribution in [3.63, 3.8) is 0 Å². The van der Waals surface area contributed by atoms with E-state index >= 15 is 0 Å². The van der Waals surface area contributed by atoms with Gasteiger partial charge in [0.15, 0.2) is 17.0 Å². The number of unbranched alkanes of at least 4 members (excludes halogenated alkanes) is 1. The van der Waals surface area contributed by atoms with E-state index in [1.165, 1.54) is 6.33 Å². The van der Waals surface area contributed by atoms with E-state index < -0.39 is 0 Å². The maximum absolute atomic E-state index is 13.0. The number of amides is 1. The Kier molecular flexibility index (Phi) is 6.76. The van der Waals surface area contributed by atoms with Crippen LogP contribution in [-0.4, -0.2) is 68.6 Å². The van der Waals surface area contributed by atoms with Gasteiger partial charge in [-0.15, -0.1) is 5.10 Å². The molecule has 1 saturated heterocycles. The number of fused-ring (bicyclic) bond motifs is 1. The fourth-order valence-electron chi connectivity index (χ4n) is 4.06. The third-order valence-electron chi connectivity index (χ3n) is 6.02. The normalized spacial score (nSPS) is 13.9. The third kappa shape index (κ3) is 4.90. The van der Waals surface area contributed by atoms with Gasteiger partial charge < -0.3 is 14.5 Å². The van der Waals surface area contributed by atoms with Crippen LogP contribution in [0.2, 0.25) is 5.02 Å². The van der Waals surface area contributed by atoms with Crippen LogP contribution in [0, 0.1) is 0 Å². The lowest BCUT2D eigenvalue weighted by Gasteiger charge is -2.35. The fourth-order valence-corrected chi connectivity index (χ4v) is 4.18. The highest BCUT2D eigenvalue weighted by Crippen LogP contribution is 2.24. The van der Waals surface area contributed by atoms with E-state index in [2.05, 4.69) is 32.1 Å². The predicted molar refractivity (Wildman–Crippen MR) is 134 cm³/mol. The molecule has 0 spiro atoms. The van der Waals surface area contributed by atoms with Crippen LogP contribution in [0.3, 0.4) is 0 Å². The zero-order valence-electron chi connectivity index (χ0n) is 19.5. The third-order valence-corrected chi connectivity index (χ3v) is 6.28. The number of piperazine rings is 1. The molecule has 0 bridgehead atoms. The topological polar surface area (TPSA) is 89.3 Å². The summed E-state index contributed by atoms with van der Waals surface area (Å²) >= 11 is 6.01. The molecular weight excluding hydrogens is 466 g/mol. The Morgan fingerprint density at radius 1 is 1.00 bits per heavy atom. The molecule has 0 saturated carbocycles. The summed E-state index contributed by atoms with van der Waals surface area (Å²) in [4.78, 5) is 25.9. The Balaban J connectivity index is 1.26. The number of ether oxygens (including phenoxy) is 1. The van der Waals surface area contributed by atoms with Gasteiger partial charge in [0.25, 0.3) is 5.91 Å². The highest BCUT2D eigenvalue weighted by Gasteiger charge is 2.25. The van der Waals surface area contributed by atoms with Gasteiger partial charge in [0.05, 0.1) is 12.3 Å². The molecule has 0 atom stereocenters. The van der Waals surface area contributed by atoms with E-state index in [0.717, 1.165) is 30.1 Å². The molecule has 1 aliphatic heterocycles. The molecule has 3 heterocycles. The number of hydrogen-bond donors (Lipinski definition) is 0. The van der Waals surface area contributed by atoms with Crippen LogP contribution in [0.1, 0.15) is 30.1 Å². The smallest absolute Gasteiger partial charge is 0.253 e. The van der Waals surface area contributed by atoms with Crippen molar-refractivity contribution in [2.75, 3.05) is 37.7 Å². The van der Waals surface area contributed by atoms with Gasteiger partial charge in [-0.25, -0.2) is 9.97 Å². The van der Waals surface area contributed by atoms with Gasteiger partial charge in [0, 0.05) is 36.8 Å². The van der Waals surface area contributed by atoms with Crippen molar-refractivity contribution in [2.45, 2.75) is 19.8 Å². The van der Waals surface area contributed by atoms with Crippen LogP contribution in [-0.2, 0) is 0 Å². The number of anilines is 1. The molecule has 0 N–H and O–H groups in total. The van der Waals surface area contributed by atoms with Crippen molar-refractivity contribution in [1.29, 1.82) is 0 Å². The van der Waals surface area contributed by atoms with Crippen LogP contribution < -0.4 is 9.64 Å². The predicted octanol–water partition coefficient (Wildman–Crippen LogP) is 4.01. The number of hydrogen-bond acceptors (Lipinski definition) is 7. The second kappa shape index (κ2) is 10.3. The monoisotopic (exact) mass is 491 g/mol. The Bertz CT molecular complexity index is 1300. The summed E-state index contributed by atoms with van der Waals surface area (Å²) in [5, 5.41) is 9.28. The van der Waals surface area contributed by atoms with Gasteiger partial charge in [-0.2, -0.15) is 4.68 Å². The summed E-state index contributed by atoms with van der Waals surface area (Å²) in [7, 11) is 0. The van der Waals surface area contributed by atoms with Crippen LogP contribution in [0.4, 0.5) is 5.82 Å². The van der Waals surface area contributed by atoms with Crippen molar-refractivity contribution in [1.82, 2.24) is 29.9 Å². The van der Waals surface area contributed by atoms with Crippen LogP contribution in [0.15, 0.2) is 54.9 Å². The highest BCUT2D eigenvalue weighted by molar-refractivity contribution is 6.30. The van der Waals surface area contributed by atoms with Crippen LogP contribution in [0.5, 0.6) is 5.75 Å². The van der Waals surface area contributed by atoms with Crippen molar-refractivity contribution in [3.8, 4) is 11.4 Å². The molecule has 4 aromatic rings. The van der Waals surface area contributed by atoms with Gasteiger partial charge in [-0.3, -0.25) is 4.79 Å². The molecule has 1 amide bonds. The summed E-state index contributed by atoms with van der Waals surface area (Å²) in [6, 6.07) is 14.7. The minimum atomic E-state index is 0.0197. The van der Waals surface area contributed by atoms with Crippen molar-refractivity contribution in [3.05, 3.63) is 65.4 Å². The Hall–Kier alpha value is -3.72. The molecule has 1 fully saturated rings. The van der Waals surface area contributed by atoms with Gasteiger partial charge in [0.2, 0.25) is 0 Å². The molecule has 2 aromatic heterocycles. The Morgan fingerprint density at radius 2 is 1.74 bits per heavy atom. The summed E-state index contributed by atoms with van der Waals surface area (Å²) in [5.41, 5.74) is 2.73. The molecule has 0 aliphatic carbocycles. The molecule has 180 valence electrons. The first kappa shape index (κ1) is 23.0. The Morgan fingerprint density at radius 3 is 2.46 bits per heavy atom. The Labute approximate surface area is 208 Å². The zero-order valence-corrected chi connectivity index (χ0v) is 20.2. The first-order valence-corrected chi connectivity index (χ1v) is 12.1. The number of carbonyl (C=O) groups excluding carboxylic acids is 1. The molecule has 5 rings (SSSR count). The van der Waals surface area contributed by atoms with Gasteiger partial charge in [-0.05, 0) is 55.0 Å². The number of benzene rings is 2. The molecule has 0 unspecified atom stereocenters. The molecule has 2 aromatic carbocycles. The first-order chi connectivity index (χ1) is 17.1. The van der Waals surface area contributed by atoms with Crippen molar-refractivity contribution in [2.24, 2.45) is 0 Å². The van der Waals surface area contributed by atoms with E-state index in [-0.39, 0.29) is 5.91 Å². The SMILES string of the molecule is CCCCOc1ccc(C(=O)N2CCN(c3ncnc4c3nnn4-c3ccc(Cl)cc3)CC2)cc1. The zero-order chi connectivity index (χ0) is 24.2. The largest absolute Gasteiger partial charge is 0.494 e. The minimum absolute atomic E-state index is 0.0197. The van der Waals surface area contributed by atoms with E-state index in [9.17, 15) is 4.79 Å². The van der Waals surface area contributed by atoms with Gasteiger partial charge in [0.1, 0.15) is 12.1 Å². The lowest BCUT2D eigenvalue weighted by molar-refractivity contribution is 0.0746. The lowest BCUT2D eigenvalue weighted by Crippen LogP contribution is -2.49. The molecule has 9 nitrogen and oxygen atoms in total. The molecule has 35 heavy (non-hydrogen) atoms. The van der Waals surface area contributed by atoms with E-state index in [0.29, 0.717) is 54.5 Å². The van der Waals surface area contributed by atoms with Crippen LogP contribution in [0.25, 0.3) is 16.9 Å². The molecule has 0 radical (unpaired) electrons. The summed E-state index contributed by atoms with van der Waals surface area (Å²) in [5.74, 6) is 1.53. The van der Waals surface area contributed by atoms with Crippen LogP contribution >= 0.6 is 11.6 Å². The molecule has 10 heteroatoms. The maximum Gasteiger partial charge on any atom is 0.253 e.